The molecule has 2 fully saturated rings. The van der Waals surface area contributed by atoms with Crippen molar-refractivity contribution in [2.24, 2.45) is 11.8 Å². The molecule has 0 aliphatic carbocycles. The van der Waals surface area contributed by atoms with Crippen molar-refractivity contribution in [2.45, 2.75) is 19.4 Å². The number of halogens is 1. The van der Waals surface area contributed by atoms with E-state index in [0.29, 0.717) is 11.8 Å². The minimum Gasteiger partial charge on any atom is -0.379 e. The molecule has 1 N–H and O–H groups in total. The van der Waals surface area contributed by atoms with E-state index in [4.69, 9.17) is 4.74 Å². The SMILES string of the molecule is COC1CN(C(=O)C2CNC2)CCC1C.Cl. The molecular formula is C11H21ClN2O2. The van der Waals surface area contributed by atoms with Gasteiger partial charge in [0.15, 0.2) is 0 Å². The highest BCUT2D eigenvalue weighted by atomic mass is 35.5. The molecule has 5 heteroatoms. The maximum absolute atomic E-state index is 12.0. The molecule has 2 saturated heterocycles. The highest BCUT2D eigenvalue weighted by Gasteiger charge is 2.34. The Bertz CT molecular complexity index is 246. The number of piperidine rings is 1. The smallest absolute Gasteiger partial charge is 0.228 e. The van der Waals surface area contributed by atoms with Crippen LogP contribution < -0.4 is 5.32 Å². The zero-order valence-electron chi connectivity index (χ0n) is 9.94. The lowest BCUT2D eigenvalue weighted by molar-refractivity contribution is -0.142. The summed E-state index contributed by atoms with van der Waals surface area (Å²) in [7, 11) is 1.74. The predicted octanol–water partition coefficient (Wildman–Crippen LogP) is 0.511. The van der Waals surface area contributed by atoms with Crippen LogP contribution in [0.4, 0.5) is 0 Å². The first-order valence-electron chi connectivity index (χ1n) is 5.74. The molecule has 0 aromatic rings. The van der Waals surface area contributed by atoms with E-state index in [2.05, 4.69) is 12.2 Å². The van der Waals surface area contributed by atoms with Crippen molar-refractivity contribution in [3.63, 3.8) is 0 Å². The monoisotopic (exact) mass is 248 g/mol. The molecule has 2 atom stereocenters. The Morgan fingerprint density at radius 1 is 1.44 bits per heavy atom. The second kappa shape index (κ2) is 5.84. The number of nitrogens with zero attached hydrogens (tertiary/aromatic N) is 1. The van der Waals surface area contributed by atoms with Gasteiger partial charge in [-0.25, -0.2) is 0 Å². The third-order valence-corrected chi connectivity index (χ3v) is 3.63. The fourth-order valence-corrected chi connectivity index (χ4v) is 2.26. The molecule has 4 nitrogen and oxygen atoms in total. The second-order valence-electron chi connectivity index (χ2n) is 4.68. The van der Waals surface area contributed by atoms with Crippen LogP contribution in [0.3, 0.4) is 0 Å². The Labute approximate surface area is 103 Å². The van der Waals surface area contributed by atoms with Crippen molar-refractivity contribution >= 4 is 18.3 Å². The third-order valence-electron chi connectivity index (χ3n) is 3.63. The molecule has 0 aromatic heterocycles. The van der Waals surface area contributed by atoms with E-state index in [0.717, 1.165) is 32.6 Å². The van der Waals surface area contributed by atoms with Crippen LogP contribution in [-0.2, 0) is 9.53 Å². The Balaban J connectivity index is 0.00000128. The number of hydrogen-bond donors (Lipinski definition) is 1. The van der Waals surface area contributed by atoms with Gasteiger partial charge in [0.25, 0.3) is 0 Å². The van der Waals surface area contributed by atoms with Gasteiger partial charge in [-0.15, -0.1) is 12.4 Å². The molecular weight excluding hydrogens is 228 g/mol. The molecule has 94 valence electrons. The number of ether oxygens (including phenoxy) is 1. The van der Waals surface area contributed by atoms with Gasteiger partial charge in [-0.05, 0) is 12.3 Å². The summed E-state index contributed by atoms with van der Waals surface area (Å²) >= 11 is 0. The molecule has 2 unspecified atom stereocenters. The van der Waals surface area contributed by atoms with Gasteiger partial charge in [0, 0.05) is 33.3 Å². The van der Waals surface area contributed by atoms with Gasteiger partial charge in [-0.1, -0.05) is 6.92 Å². The first kappa shape index (κ1) is 13.7. The number of likely N-dealkylation sites (tertiary alicyclic amines) is 1. The van der Waals surface area contributed by atoms with Crippen LogP contribution in [0.15, 0.2) is 0 Å². The highest BCUT2D eigenvalue weighted by molar-refractivity contribution is 5.85. The molecule has 0 saturated carbocycles. The summed E-state index contributed by atoms with van der Waals surface area (Å²) in [6.07, 6.45) is 1.28. The van der Waals surface area contributed by atoms with Crippen molar-refractivity contribution in [2.75, 3.05) is 33.3 Å². The van der Waals surface area contributed by atoms with Gasteiger partial charge in [0.2, 0.25) is 5.91 Å². The minimum absolute atomic E-state index is 0. The van der Waals surface area contributed by atoms with E-state index in [1.165, 1.54) is 0 Å². The number of methoxy groups -OCH3 is 1. The van der Waals surface area contributed by atoms with Crippen LogP contribution in [0.25, 0.3) is 0 Å². The van der Waals surface area contributed by atoms with E-state index in [-0.39, 0.29) is 24.4 Å². The highest BCUT2D eigenvalue weighted by Crippen LogP contribution is 2.21. The molecule has 0 aromatic carbocycles. The van der Waals surface area contributed by atoms with Crippen LogP contribution >= 0.6 is 12.4 Å². The van der Waals surface area contributed by atoms with E-state index in [9.17, 15) is 4.79 Å². The molecule has 0 spiro atoms. The Morgan fingerprint density at radius 2 is 2.12 bits per heavy atom. The lowest BCUT2D eigenvalue weighted by Gasteiger charge is -2.39. The van der Waals surface area contributed by atoms with Gasteiger partial charge >= 0.3 is 0 Å². The molecule has 2 heterocycles. The van der Waals surface area contributed by atoms with Crippen molar-refractivity contribution in [3.05, 3.63) is 0 Å². The summed E-state index contributed by atoms with van der Waals surface area (Å²) in [6, 6.07) is 0. The first-order valence-corrected chi connectivity index (χ1v) is 5.74. The van der Waals surface area contributed by atoms with Crippen molar-refractivity contribution in [1.82, 2.24) is 10.2 Å². The maximum atomic E-state index is 12.0. The standard InChI is InChI=1S/C11H20N2O2.ClH/c1-8-3-4-13(7-10(8)15-2)11(14)9-5-12-6-9;/h8-10,12H,3-7H2,1-2H3;1H. The fraction of sp³-hybridized carbons (Fsp3) is 0.909. The average molecular weight is 249 g/mol. The van der Waals surface area contributed by atoms with Crippen molar-refractivity contribution in [3.8, 4) is 0 Å². The third kappa shape index (κ3) is 2.67. The zero-order chi connectivity index (χ0) is 10.8. The number of hydrogen-bond acceptors (Lipinski definition) is 3. The summed E-state index contributed by atoms with van der Waals surface area (Å²) in [5, 5.41) is 3.14. The van der Waals surface area contributed by atoms with Crippen LogP contribution in [0.5, 0.6) is 0 Å². The van der Waals surface area contributed by atoms with Crippen LogP contribution in [-0.4, -0.2) is 50.2 Å². The van der Waals surface area contributed by atoms with E-state index in [1.807, 2.05) is 4.90 Å². The topological polar surface area (TPSA) is 41.6 Å². The number of carbonyl (C=O) groups excluding carboxylic acids is 1. The van der Waals surface area contributed by atoms with E-state index >= 15 is 0 Å². The lowest BCUT2D eigenvalue weighted by Crippen LogP contribution is -2.55. The van der Waals surface area contributed by atoms with Gasteiger partial charge in [-0.3, -0.25) is 4.79 Å². The van der Waals surface area contributed by atoms with Gasteiger partial charge in [0.1, 0.15) is 0 Å². The fourth-order valence-electron chi connectivity index (χ4n) is 2.26. The van der Waals surface area contributed by atoms with Gasteiger partial charge in [0.05, 0.1) is 12.0 Å². The molecule has 1 amide bonds. The van der Waals surface area contributed by atoms with Crippen LogP contribution in [0, 0.1) is 11.8 Å². The quantitative estimate of drug-likeness (QED) is 0.775. The number of amides is 1. The normalized spacial score (nSPS) is 30.5. The summed E-state index contributed by atoms with van der Waals surface area (Å²) in [4.78, 5) is 14.0. The van der Waals surface area contributed by atoms with E-state index in [1.54, 1.807) is 7.11 Å². The van der Waals surface area contributed by atoms with E-state index < -0.39 is 0 Å². The molecule has 0 radical (unpaired) electrons. The molecule has 16 heavy (non-hydrogen) atoms. The largest absolute Gasteiger partial charge is 0.379 e. The predicted molar refractivity (Wildman–Crippen MR) is 64.8 cm³/mol. The Morgan fingerprint density at radius 3 is 2.62 bits per heavy atom. The molecule has 0 bridgehead atoms. The average Bonchev–Trinajstić information content (AvgIpc) is 2.15. The van der Waals surface area contributed by atoms with Gasteiger partial charge < -0.3 is 15.0 Å². The summed E-state index contributed by atoms with van der Waals surface area (Å²) in [6.45, 7) is 5.56. The zero-order valence-corrected chi connectivity index (χ0v) is 10.8. The first-order chi connectivity index (χ1) is 7.22. The maximum Gasteiger partial charge on any atom is 0.228 e. The molecule has 2 aliphatic rings. The minimum atomic E-state index is 0. The van der Waals surface area contributed by atoms with Crippen LogP contribution in [0.1, 0.15) is 13.3 Å². The Hall–Kier alpha value is -0.320. The number of nitrogens with one attached hydrogen (secondary N) is 1. The number of carbonyl (C=O) groups is 1. The molecule has 2 rings (SSSR count). The molecule has 2 aliphatic heterocycles. The lowest BCUT2D eigenvalue weighted by atomic mass is 9.93. The van der Waals surface area contributed by atoms with Crippen molar-refractivity contribution < 1.29 is 9.53 Å². The summed E-state index contributed by atoms with van der Waals surface area (Å²) < 4.78 is 5.41. The summed E-state index contributed by atoms with van der Waals surface area (Å²) in [5.74, 6) is 1.09. The van der Waals surface area contributed by atoms with Crippen molar-refractivity contribution in [1.29, 1.82) is 0 Å². The Kier molecular flexibility index (Phi) is 5.02. The van der Waals surface area contributed by atoms with Crippen LogP contribution in [0.2, 0.25) is 0 Å². The number of rotatable bonds is 2. The van der Waals surface area contributed by atoms with Gasteiger partial charge in [-0.2, -0.15) is 0 Å². The summed E-state index contributed by atoms with van der Waals surface area (Å²) in [5.41, 5.74) is 0. The second-order valence-corrected chi connectivity index (χ2v) is 4.68.